The smallest absolute Gasteiger partial charge is 0.178 e. The van der Waals surface area contributed by atoms with Crippen molar-refractivity contribution in [2.75, 3.05) is 0 Å². The summed E-state index contributed by atoms with van der Waals surface area (Å²) in [5.41, 5.74) is 3.42. The fraction of sp³-hybridized carbons (Fsp3) is 0.0952. The maximum atomic E-state index is 11.8. The predicted molar refractivity (Wildman–Crippen MR) is 101 cm³/mol. The van der Waals surface area contributed by atoms with E-state index in [9.17, 15) is 22.9 Å². The van der Waals surface area contributed by atoms with Crippen LogP contribution in [0.15, 0.2) is 76.7 Å². The highest BCUT2D eigenvalue weighted by Crippen LogP contribution is 2.37. The van der Waals surface area contributed by atoms with E-state index in [4.69, 9.17) is 0 Å². The molecule has 0 heterocycles. The normalized spacial score (nSPS) is 16.3. The van der Waals surface area contributed by atoms with Crippen molar-refractivity contribution in [3.63, 3.8) is 0 Å². The molecular formula is C21H17O5S-. The molecule has 1 aliphatic rings. The van der Waals surface area contributed by atoms with Crippen LogP contribution in [0, 0.1) is 6.92 Å². The number of hydrogen-bond donors (Lipinski definition) is 1. The molecule has 0 saturated carbocycles. The number of phenols is 1. The number of rotatable bonds is 3. The highest BCUT2D eigenvalue weighted by molar-refractivity contribution is 7.85. The third-order valence-corrected chi connectivity index (χ3v) is 5.27. The van der Waals surface area contributed by atoms with E-state index >= 15 is 0 Å². The fourth-order valence-corrected chi connectivity index (χ4v) is 3.86. The molecule has 0 unspecified atom stereocenters. The standard InChI is InChI=1S/C21H18O5S/c1-13-11-15(22)7-9-17(13)21(18-10-8-16(23)12-14(18)2)19-5-3-4-6-20(19)27(24,25)26/h3-12,22H,1-2H3,(H,24,25,26)/p-1/b21-18+. The van der Waals surface area contributed by atoms with Crippen LogP contribution in [0.25, 0.3) is 5.57 Å². The second-order valence-corrected chi connectivity index (χ2v) is 7.65. The van der Waals surface area contributed by atoms with Crippen molar-refractivity contribution in [2.45, 2.75) is 18.7 Å². The molecule has 3 rings (SSSR count). The van der Waals surface area contributed by atoms with Gasteiger partial charge in [-0.3, -0.25) is 4.79 Å². The third-order valence-electron chi connectivity index (χ3n) is 4.37. The lowest BCUT2D eigenvalue weighted by Gasteiger charge is -2.21. The summed E-state index contributed by atoms with van der Waals surface area (Å²) >= 11 is 0. The number of aryl methyl sites for hydroxylation is 1. The molecule has 2 aromatic carbocycles. The van der Waals surface area contributed by atoms with Gasteiger partial charge in [0.1, 0.15) is 15.9 Å². The Bertz CT molecular complexity index is 1130. The van der Waals surface area contributed by atoms with Crippen LogP contribution in [0.4, 0.5) is 0 Å². The van der Waals surface area contributed by atoms with Crippen LogP contribution < -0.4 is 0 Å². The van der Waals surface area contributed by atoms with E-state index in [-0.39, 0.29) is 22.0 Å². The molecule has 2 aromatic rings. The molecule has 0 atom stereocenters. The van der Waals surface area contributed by atoms with Gasteiger partial charge in [-0.15, -0.1) is 0 Å². The van der Waals surface area contributed by atoms with Gasteiger partial charge in [0.2, 0.25) is 0 Å². The Kier molecular flexibility index (Phi) is 4.87. The van der Waals surface area contributed by atoms with Crippen LogP contribution in [-0.2, 0) is 14.9 Å². The Balaban J connectivity index is 2.44. The van der Waals surface area contributed by atoms with Crippen molar-refractivity contribution in [1.82, 2.24) is 0 Å². The van der Waals surface area contributed by atoms with E-state index in [0.717, 1.165) is 0 Å². The van der Waals surface area contributed by atoms with E-state index in [2.05, 4.69) is 0 Å². The summed E-state index contributed by atoms with van der Waals surface area (Å²) < 4.78 is 35.5. The van der Waals surface area contributed by atoms with Gasteiger partial charge < -0.3 is 9.66 Å². The number of benzene rings is 2. The minimum Gasteiger partial charge on any atom is -0.744 e. The molecule has 27 heavy (non-hydrogen) atoms. The van der Waals surface area contributed by atoms with Crippen molar-refractivity contribution in [3.05, 3.63) is 88.5 Å². The third kappa shape index (κ3) is 3.77. The lowest BCUT2D eigenvalue weighted by molar-refractivity contribution is -0.110. The molecule has 0 aromatic heterocycles. The molecule has 0 radical (unpaired) electrons. The largest absolute Gasteiger partial charge is 0.744 e. The quantitative estimate of drug-likeness (QED) is 0.821. The lowest BCUT2D eigenvalue weighted by atomic mass is 9.85. The van der Waals surface area contributed by atoms with Crippen molar-refractivity contribution in [2.24, 2.45) is 0 Å². The number of ketones is 1. The van der Waals surface area contributed by atoms with Crippen LogP contribution in [0.1, 0.15) is 23.6 Å². The average molecular weight is 381 g/mol. The summed E-state index contributed by atoms with van der Waals surface area (Å²) in [5.74, 6) is -0.0882. The maximum absolute atomic E-state index is 11.8. The molecule has 1 N–H and O–H groups in total. The Morgan fingerprint density at radius 2 is 1.70 bits per heavy atom. The minimum absolute atomic E-state index is 0.0759. The average Bonchev–Trinajstić information content (AvgIpc) is 2.58. The van der Waals surface area contributed by atoms with Crippen molar-refractivity contribution in [1.29, 1.82) is 0 Å². The van der Waals surface area contributed by atoms with Gasteiger partial charge in [-0.25, -0.2) is 8.42 Å². The predicted octanol–water partition coefficient (Wildman–Crippen LogP) is 3.49. The number of aromatic hydroxyl groups is 1. The second kappa shape index (κ2) is 6.98. The summed E-state index contributed by atoms with van der Waals surface area (Å²) in [6.45, 7) is 3.53. The van der Waals surface area contributed by atoms with Crippen LogP contribution in [0.2, 0.25) is 0 Å². The Morgan fingerprint density at radius 3 is 2.33 bits per heavy atom. The molecule has 0 saturated heterocycles. The number of carbonyl (C=O) groups excluding carboxylic acids is 1. The number of allylic oxidation sites excluding steroid dienone is 5. The molecule has 0 fully saturated rings. The van der Waals surface area contributed by atoms with Crippen molar-refractivity contribution in [3.8, 4) is 5.75 Å². The Morgan fingerprint density at radius 1 is 1.00 bits per heavy atom. The first-order chi connectivity index (χ1) is 12.7. The maximum Gasteiger partial charge on any atom is 0.178 e. The number of phenolic OH excluding ortho intramolecular Hbond substituents is 1. The molecule has 6 heteroatoms. The van der Waals surface area contributed by atoms with Gasteiger partial charge in [-0.1, -0.05) is 30.3 Å². The Labute approximate surface area is 157 Å². The van der Waals surface area contributed by atoms with Gasteiger partial charge in [0.25, 0.3) is 0 Å². The second-order valence-electron chi connectivity index (χ2n) is 6.30. The van der Waals surface area contributed by atoms with Gasteiger partial charge in [-0.2, -0.15) is 0 Å². The van der Waals surface area contributed by atoms with Crippen LogP contribution >= 0.6 is 0 Å². The molecule has 0 amide bonds. The van der Waals surface area contributed by atoms with Crippen LogP contribution in [0.5, 0.6) is 5.75 Å². The summed E-state index contributed by atoms with van der Waals surface area (Å²) in [5, 5.41) is 9.74. The van der Waals surface area contributed by atoms with Gasteiger partial charge >= 0.3 is 0 Å². The van der Waals surface area contributed by atoms with Gasteiger partial charge in [0.05, 0.1) is 4.90 Å². The molecule has 0 spiro atoms. The van der Waals surface area contributed by atoms with Crippen molar-refractivity contribution >= 4 is 21.5 Å². The van der Waals surface area contributed by atoms with Gasteiger partial charge in [0, 0.05) is 5.56 Å². The van der Waals surface area contributed by atoms with Crippen LogP contribution in [0.3, 0.4) is 0 Å². The highest BCUT2D eigenvalue weighted by atomic mass is 32.2. The molecule has 0 bridgehead atoms. The molecule has 5 nitrogen and oxygen atoms in total. The molecule has 0 aliphatic heterocycles. The highest BCUT2D eigenvalue weighted by Gasteiger charge is 2.21. The summed E-state index contributed by atoms with van der Waals surface area (Å²) in [6.07, 6.45) is 4.47. The zero-order chi connectivity index (χ0) is 19.8. The number of hydrogen-bond acceptors (Lipinski definition) is 5. The lowest BCUT2D eigenvalue weighted by Crippen LogP contribution is -2.07. The minimum atomic E-state index is -4.72. The summed E-state index contributed by atoms with van der Waals surface area (Å²) in [4.78, 5) is 11.4. The van der Waals surface area contributed by atoms with E-state index in [0.29, 0.717) is 27.8 Å². The van der Waals surface area contributed by atoms with Gasteiger partial charge in [0.15, 0.2) is 5.78 Å². The summed E-state index contributed by atoms with van der Waals surface area (Å²) in [6, 6.07) is 10.7. The Hall–Kier alpha value is -2.96. The van der Waals surface area contributed by atoms with E-state index in [1.165, 1.54) is 30.4 Å². The first-order valence-electron chi connectivity index (χ1n) is 8.19. The molecule has 1 aliphatic carbocycles. The van der Waals surface area contributed by atoms with Crippen molar-refractivity contribution < 1.29 is 22.9 Å². The first-order valence-corrected chi connectivity index (χ1v) is 9.59. The topological polar surface area (TPSA) is 94.5 Å². The summed E-state index contributed by atoms with van der Waals surface area (Å²) in [7, 11) is -4.72. The van der Waals surface area contributed by atoms with Gasteiger partial charge in [-0.05, 0) is 72.0 Å². The zero-order valence-electron chi connectivity index (χ0n) is 14.8. The van der Waals surface area contributed by atoms with E-state index in [1.54, 1.807) is 44.2 Å². The fourth-order valence-electron chi connectivity index (χ4n) is 3.17. The molecule has 138 valence electrons. The first kappa shape index (κ1) is 18.8. The van der Waals surface area contributed by atoms with E-state index in [1.807, 2.05) is 0 Å². The molecular weight excluding hydrogens is 364 g/mol. The zero-order valence-corrected chi connectivity index (χ0v) is 15.6. The number of carbonyl (C=O) groups is 1. The monoisotopic (exact) mass is 381 g/mol. The SMILES string of the molecule is CC1=CC(=O)C=C/C1=C(/c1ccc(O)cc1C)c1ccccc1S(=O)(=O)[O-]. The van der Waals surface area contributed by atoms with E-state index < -0.39 is 10.1 Å². The van der Waals surface area contributed by atoms with Crippen LogP contribution in [-0.4, -0.2) is 23.9 Å².